The van der Waals surface area contributed by atoms with Crippen molar-refractivity contribution in [2.75, 3.05) is 24.6 Å². The predicted molar refractivity (Wildman–Crippen MR) is 102 cm³/mol. The number of sulfone groups is 1. The number of rotatable bonds is 7. The van der Waals surface area contributed by atoms with Gasteiger partial charge in [-0.2, -0.15) is 0 Å². The Kier molecular flexibility index (Phi) is 5.74. The number of carbonyl (C=O) groups excluding carboxylic acids is 1. The van der Waals surface area contributed by atoms with Crippen LogP contribution in [0.25, 0.3) is 0 Å². The molecule has 1 amide bonds. The van der Waals surface area contributed by atoms with Gasteiger partial charge >= 0.3 is 0 Å². The summed E-state index contributed by atoms with van der Waals surface area (Å²) in [6.07, 6.45) is -0.113. The van der Waals surface area contributed by atoms with Gasteiger partial charge in [-0.15, -0.1) is 0 Å². The summed E-state index contributed by atoms with van der Waals surface area (Å²) in [5, 5.41) is 0. The average molecular weight is 372 g/mol. The minimum atomic E-state index is -3.28. The van der Waals surface area contributed by atoms with E-state index in [2.05, 4.69) is 35.2 Å². The van der Waals surface area contributed by atoms with Gasteiger partial charge in [-0.05, 0) is 16.7 Å². The van der Waals surface area contributed by atoms with Gasteiger partial charge in [0.1, 0.15) is 0 Å². The second-order valence-corrected chi connectivity index (χ2v) is 9.07. The highest BCUT2D eigenvalue weighted by molar-refractivity contribution is 7.91. The van der Waals surface area contributed by atoms with Gasteiger partial charge in [0.05, 0.1) is 11.5 Å². The minimum Gasteiger partial charge on any atom is -0.370 e. The van der Waals surface area contributed by atoms with E-state index in [9.17, 15) is 13.2 Å². The predicted octanol–water partition coefficient (Wildman–Crippen LogP) is 1.92. The number of benzene rings is 2. The first-order valence-electron chi connectivity index (χ1n) is 8.78. The highest BCUT2D eigenvalue weighted by atomic mass is 32.2. The van der Waals surface area contributed by atoms with E-state index in [-0.39, 0.29) is 23.8 Å². The van der Waals surface area contributed by atoms with Crippen LogP contribution in [0.3, 0.4) is 0 Å². The fraction of sp³-hybridized carbons (Fsp3) is 0.350. The summed E-state index contributed by atoms with van der Waals surface area (Å²) in [4.78, 5) is 13.0. The Morgan fingerprint density at radius 3 is 2.46 bits per heavy atom. The highest BCUT2D eigenvalue weighted by Crippen LogP contribution is 2.33. The van der Waals surface area contributed by atoms with Gasteiger partial charge in [0.25, 0.3) is 0 Å². The number of nitrogens with zero attached hydrogens (tertiary/aromatic N) is 1. The number of carbonyl (C=O) groups is 1. The van der Waals surface area contributed by atoms with Crippen LogP contribution in [0, 0.1) is 0 Å². The Morgan fingerprint density at radius 2 is 1.73 bits per heavy atom. The molecular formula is C20H24N2O3S. The topological polar surface area (TPSA) is 80.5 Å². The lowest BCUT2D eigenvalue weighted by Crippen LogP contribution is -2.37. The maximum absolute atomic E-state index is 12.1. The van der Waals surface area contributed by atoms with Crippen LogP contribution >= 0.6 is 0 Å². The molecule has 2 N–H and O–H groups in total. The summed E-state index contributed by atoms with van der Waals surface area (Å²) < 4.78 is 24.3. The van der Waals surface area contributed by atoms with E-state index >= 15 is 0 Å². The average Bonchev–Trinajstić information content (AvgIpc) is 2.65. The molecule has 6 heteroatoms. The third kappa shape index (κ3) is 4.71. The van der Waals surface area contributed by atoms with Gasteiger partial charge in [0.2, 0.25) is 5.91 Å². The maximum atomic E-state index is 12.1. The van der Waals surface area contributed by atoms with Crippen molar-refractivity contribution in [1.29, 1.82) is 0 Å². The third-order valence-electron chi connectivity index (χ3n) is 4.85. The molecule has 26 heavy (non-hydrogen) atoms. The molecular weight excluding hydrogens is 348 g/mol. The second kappa shape index (κ2) is 8.01. The largest absolute Gasteiger partial charge is 0.370 e. The SMILES string of the molecule is NC(=O)CCS(=O)(=O)CCN1Cc2ccccc2C(c2ccccc2)C1. The zero-order chi connectivity index (χ0) is 18.6. The van der Waals surface area contributed by atoms with E-state index in [1.165, 1.54) is 16.7 Å². The van der Waals surface area contributed by atoms with Crippen LogP contribution in [0.5, 0.6) is 0 Å². The lowest BCUT2D eigenvalue weighted by atomic mass is 9.85. The summed E-state index contributed by atoms with van der Waals surface area (Å²) in [5.74, 6) is -0.474. The molecule has 138 valence electrons. The quantitative estimate of drug-likeness (QED) is 0.805. The molecule has 1 heterocycles. The second-order valence-electron chi connectivity index (χ2n) is 6.77. The summed E-state index contributed by atoms with van der Waals surface area (Å²) in [6, 6.07) is 18.7. The molecule has 2 aromatic carbocycles. The van der Waals surface area contributed by atoms with Gasteiger partial charge in [-0.25, -0.2) is 8.42 Å². The number of amides is 1. The monoisotopic (exact) mass is 372 g/mol. The molecule has 1 atom stereocenters. The van der Waals surface area contributed by atoms with Gasteiger partial charge in [0, 0.05) is 32.0 Å². The summed E-state index contributed by atoms with van der Waals surface area (Å²) in [6.45, 7) is 1.98. The molecule has 1 aliphatic heterocycles. The van der Waals surface area contributed by atoms with Crippen LogP contribution < -0.4 is 5.73 Å². The van der Waals surface area contributed by atoms with E-state index in [0.717, 1.165) is 13.1 Å². The fourth-order valence-corrected chi connectivity index (χ4v) is 4.70. The molecule has 0 fully saturated rings. The lowest BCUT2D eigenvalue weighted by molar-refractivity contribution is -0.117. The Hall–Kier alpha value is -2.18. The number of hydrogen-bond acceptors (Lipinski definition) is 4. The van der Waals surface area contributed by atoms with E-state index in [4.69, 9.17) is 5.73 Å². The molecule has 1 unspecified atom stereocenters. The fourth-order valence-electron chi connectivity index (χ4n) is 3.45. The van der Waals surface area contributed by atoms with Crippen LogP contribution in [0.4, 0.5) is 0 Å². The van der Waals surface area contributed by atoms with Crippen LogP contribution in [-0.2, 0) is 21.2 Å². The molecule has 0 radical (unpaired) electrons. The Morgan fingerprint density at radius 1 is 1.04 bits per heavy atom. The van der Waals surface area contributed by atoms with Crippen molar-refractivity contribution in [2.24, 2.45) is 5.73 Å². The molecule has 5 nitrogen and oxygen atoms in total. The summed E-state index contributed by atoms with van der Waals surface area (Å²) in [7, 11) is -3.28. The van der Waals surface area contributed by atoms with Crippen molar-refractivity contribution in [1.82, 2.24) is 4.90 Å². The van der Waals surface area contributed by atoms with Crippen molar-refractivity contribution in [3.8, 4) is 0 Å². The molecule has 1 aliphatic rings. The first kappa shape index (κ1) is 18.6. The molecule has 0 aliphatic carbocycles. The first-order chi connectivity index (χ1) is 12.4. The summed E-state index contributed by atoms with van der Waals surface area (Å²) >= 11 is 0. The van der Waals surface area contributed by atoms with Crippen molar-refractivity contribution in [3.63, 3.8) is 0 Å². The molecule has 0 saturated carbocycles. The highest BCUT2D eigenvalue weighted by Gasteiger charge is 2.27. The van der Waals surface area contributed by atoms with Crippen molar-refractivity contribution in [3.05, 3.63) is 71.3 Å². The lowest BCUT2D eigenvalue weighted by Gasteiger charge is -2.35. The molecule has 0 bridgehead atoms. The summed E-state index contributed by atoms with van der Waals surface area (Å²) in [5.41, 5.74) is 8.85. The van der Waals surface area contributed by atoms with Crippen LogP contribution in [0.2, 0.25) is 0 Å². The zero-order valence-electron chi connectivity index (χ0n) is 14.7. The van der Waals surface area contributed by atoms with Crippen molar-refractivity contribution in [2.45, 2.75) is 18.9 Å². The van der Waals surface area contributed by atoms with Crippen molar-refractivity contribution < 1.29 is 13.2 Å². The van der Waals surface area contributed by atoms with E-state index in [0.29, 0.717) is 6.54 Å². The Balaban J connectivity index is 1.74. The normalized spacial score (nSPS) is 17.6. The standard InChI is InChI=1S/C20H24N2O3S/c21-20(23)10-12-26(24,25)13-11-22-14-17-8-4-5-9-18(17)19(15-22)16-6-2-1-3-7-16/h1-9,19H,10-15H2,(H2,21,23). The zero-order valence-corrected chi connectivity index (χ0v) is 15.5. The first-order valence-corrected chi connectivity index (χ1v) is 10.6. The van der Waals surface area contributed by atoms with Crippen molar-refractivity contribution >= 4 is 15.7 Å². The van der Waals surface area contributed by atoms with Gasteiger partial charge in [-0.3, -0.25) is 9.69 Å². The van der Waals surface area contributed by atoms with Gasteiger partial charge in [-0.1, -0.05) is 54.6 Å². The number of primary amides is 1. The van der Waals surface area contributed by atoms with E-state index in [1.807, 2.05) is 24.3 Å². The van der Waals surface area contributed by atoms with Crippen LogP contribution in [0.1, 0.15) is 29.0 Å². The Bertz CT molecular complexity index is 866. The number of hydrogen-bond donors (Lipinski definition) is 1. The van der Waals surface area contributed by atoms with E-state index in [1.54, 1.807) is 0 Å². The van der Waals surface area contributed by atoms with Crippen LogP contribution in [0.15, 0.2) is 54.6 Å². The minimum absolute atomic E-state index is 0.0456. The molecule has 2 aromatic rings. The van der Waals surface area contributed by atoms with Gasteiger partial charge < -0.3 is 5.73 Å². The smallest absolute Gasteiger partial charge is 0.218 e. The van der Waals surface area contributed by atoms with E-state index < -0.39 is 15.7 Å². The van der Waals surface area contributed by atoms with Gasteiger partial charge in [0.15, 0.2) is 9.84 Å². The molecule has 3 rings (SSSR count). The van der Waals surface area contributed by atoms with Crippen LogP contribution in [-0.4, -0.2) is 43.8 Å². The third-order valence-corrected chi connectivity index (χ3v) is 6.48. The molecule has 0 spiro atoms. The number of nitrogens with two attached hydrogens (primary N) is 1. The molecule has 0 saturated heterocycles. The Labute approximate surface area is 154 Å². The maximum Gasteiger partial charge on any atom is 0.218 e. The molecule has 0 aromatic heterocycles. The number of fused-ring (bicyclic) bond motifs is 1.